The number of hydrogen-bond donors (Lipinski definition) is 0. The van der Waals surface area contributed by atoms with Gasteiger partial charge in [0.1, 0.15) is 5.75 Å². The van der Waals surface area contributed by atoms with Gasteiger partial charge in [0.05, 0.1) is 30.3 Å². The standard InChI is InChI=1S/C26H30N6O2/c1-30(2)19-10-11-31(15-19)25(33)22-14-28-32(24(22)16-4-5-16)26-27-13-18-7-6-17-12-20(34-3)8-9-21(17)23(18)29-26/h8-9,12-14,16,19H,4-7,10-11,15H2,1-3H3/t19-/m0/s1. The van der Waals surface area contributed by atoms with Crippen molar-refractivity contribution in [3.63, 3.8) is 0 Å². The van der Waals surface area contributed by atoms with Gasteiger partial charge in [-0.1, -0.05) is 0 Å². The third-order valence-corrected chi connectivity index (χ3v) is 7.45. The number of likely N-dealkylation sites (N-methyl/N-ethyl adjacent to an activating group) is 1. The number of hydrogen-bond acceptors (Lipinski definition) is 6. The first-order chi connectivity index (χ1) is 16.5. The Bertz CT molecular complexity index is 1260. The number of ether oxygens (including phenoxy) is 1. The molecule has 0 spiro atoms. The Morgan fingerprint density at radius 3 is 2.68 bits per heavy atom. The molecule has 1 aromatic carbocycles. The number of methoxy groups -OCH3 is 1. The highest BCUT2D eigenvalue weighted by molar-refractivity contribution is 5.95. The number of aryl methyl sites for hydroxylation is 2. The van der Waals surface area contributed by atoms with Gasteiger partial charge in [-0.05, 0) is 75.5 Å². The van der Waals surface area contributed by atoms with Crippen molar-refractivity contribution >= 4 is 5.91 Å². The Balaban J connectivity index is 1.37. The molecule has 8 heteroatoms. The highest BCUT2D eigenvalue weighted by atomic mass is 16.5. The number of aromatic nitrogens is 4. The number of rotatable bonds is 5. The zero-order chi connectivity index (χ0) is 23.4. The van der Waals surface area contributed by atoms with Crippen LogP contribution in [-0.2, 0) is 12.8 Å². The highest BCUT2D eigenvalue weighted by Crippen LogP contribution is 2.43. The lowest BCUT2D eigenvalue weighted by atomic mass is 9.90. The molecule has 3 heterocycles. The van der Waals surface area contributed by atoms with Crippen molar-refractivity contribution < 1.29 is 9.53 Å². The summed E-state index contributed by atoms with van der Waals surface area (Å²) in [4.78, 5) is 27.3. The Hall–Kier alpha value is -3.26. The molecule has 2 fully saturated rings. The van der Waals surface area contributed by atoms with Crippen LogP contribution in [0.5, 0.6) is 5.75 Å². The van der Waals surface area contributed by atoms with Crippen LogP contribution in [0.1, 0.15) is 52.4 Å². The van der Waals surface area contributed by atoms with Crippen LogP contribution in [0.25, 0.3) is 17.2 Å². The van der Waals surface area contributed by atoms with Gasteiger partial charge in [0.2, 0.25) is 0 Å². The average molecular weight is 459 g/mol. The molecule has 0 radical (unpaired) electrons. The predicted molar refractivity (Wildman–Crippen MR) is 129 cm³/mol. The number of carbonyl (C=O) groups excluding carboxylic acids is 1. The van der Waals surface area contributed by atoms with Crippen molar-refractivity contribution in [1.29, 1.82) is 0 Å². The molecule has 1 amide bonds. The summed E-state index contributed by atoms with van der Waals surface area (Å²) in [5.41, 5.74) is 6.11. The summed E-state index contributed by atoms with van der Waals surface area (Å²) in [5, 5.41) is 4.64. The van der Waals surface area contributed by atoms with Crippen molar-refractivity contribution in [2.75, 3.05) is 34.3 Å². The van der Waals surface area contributed by atoms with E-state index in [-0.39, 0.29) is 5.91 Å². The van der Waals surface area contributed by atoms with E-state index in [0.717, 1.165) is 73.5 Å². The van der Waals surface area contributed by atoms with E-state index in [4.69, 9.17) is 9.72 Å². The van der Waals surface area contributed by atoms with Crippen LogP contribution in [-0.4, -0.2) is 75.8 Å². The van der Waals surface area contributed by atoms with E-state index in [0.29, 0.717) is 23.5 Å². The fraction of sp³-hybridized carbons (Fsp3) is 0.462. The van der Waals surface area contributed by atoms with E-state index in [9.17, 15) is 4.79 Å². The number of carbonyl (C=O) groups is 1. The molecule has 176 valence electrons. The van der Waals surface area contributed by atoms with E-state index in [1.807, 2.05) is 21.8 Å². The first-order valence-corrected chi connectivity index (χ1v) is 12.1. The lowest BCUT2D eigenvalue weighted by Gasteiger charge is -2.21. The number of fused-ring (bicyclic) bond motifs is 3. The molecule has 6 rings (SSSR count). The molecule has 0 N–H and O–H groups in total. The van der Waals surface area contributed by atoms with Gasteiger partial charge >= 0.3 is 0 Å². The molecule has 3 aliphatic rings. The first-order valence-electron chi connectivity index (χ1n) is 12.1. The Kier molecular flexibility index (Phi) is 5.13. The molecular formula is C26H30N6O2. The zero-order valence-electron chi connectivity index (χ0n) is 20.0. The molecule has 2 aliphatic carbocycles. The maximum Gasteiger partial charge on any atom is 0.257 e. The fourth-order valence-corrected chi connectivity index (χ4v) is 5.27. The minimum Gasteiger partial charge on any atom is -0.497 e. The van der Waals surface area contributed by atoms with E-state index in [2.05, 4.69) is 41.2 Å². The van der Waals surface area contributed by atoms with E-state index >= 15 is 0 Å². The quantitative estimate of drug-likeness (QED) is 0.585. The summed E-state index contributed by atoms with van der Waals surface area (Å²) in [6, 6.07) is 6.56. The summed E-state index contributed by atoms with van der Waals surface area (Å²) in [7, 11) is 5.85. The SMILES string of the molecule is COc1ccc2c(c1)CCc1cnc(-n3ncc(C(=O)N4CC[C@H](N(C)C)C4)c3C3CC3)nc1-2. The number of nitrogens with zero attached hydrogens (tertiary/aromatic N) is 6. The van der Waals surface area contributed by atoms with Gasteiger partial charge in [-0.3, -0.25) is 4.79 Å². The van der Waals surface area contributed by atoms with E-state index in [1.165, 1.54) is 5.56 Å². The van der Waals surface area contributed by atoms with Gasteiger partial charge in [-0.25, -0.2) is 14.6 Å². The van der Waals surface area contributed by atoms with Crippen LogP contribution in [0.4, 0.5) is 0 Å². The van der Waals surface area contributed by atoms with Crippen molar-refractivity contribution in [1.82, 2.24) is 29.5 Å². The number of amides is 1. The molecule has 1 aliphatic heterocycles. The Morgan fingerprint density at radius 2 is 1.94 bits per heavy atom. The molecule has 2 aromatic heterocycles. The second kappa shape index (κ2) is 8.20. The summed E-state index contributed by atoms with van der Waals surface area (Å²) in [6.07, 6.45) is 8.63. The van der Waals surface area contributed by atoms with Gasteiger partial charge in [-0.15, -0.1) is 0 Å². The van der Waals surface area contributed by atoms with Crippen LogP contribution < -0.4 is 4.74 Å². The van der Waals surface area contributed by atoms with Crippen LogP contribution in [0, 0.1) is 0 Å². The van der Waals surface area contributed by atoms with Crippen LogP contribution in [0.3, 0.4) is 0 Å². The van der Waals surface area contributed by atoms with Gasteiger partial charge in [0.15, 0.2) is 0 Å². The van der Waals surface area contributed by atoms with Gasteiger partial charge in [0.25, 0.3) is 11.9 Å². The Labute approximate surface area is 199 Å². The monoisotopic (exact) mass is 458 g/mol. The molecule has 8 nitrogen and oxygen atoms in total. The maximum absolute atomic E-state index is 13.5. The molecule has 1 atom stereocenters. The highest BCUT2D eigenvalue weighted by Gasteiger charge is 2.37. The second-order valence-electron chi connectivity index (χ2n) is 9.85. The smallest absolute Gasteiger partial charge is 0.257 e. The summed E-state index contributed by atoms with van der Waals surface area (Å²) in [5.74, 6) is 1.81. The van der Waals surface area contributed by atoms with Crippen molar-refractivity contribution in [3.8, 4) is 23.0 Å². The molecule has 34 heavy (non-hydrogen) atoms. The molecule has 3 aromatic rings. The molecular weight excluding hydrogens is 428 g/mol. The van der Waals surface area contributed by atoms with Gasteiger partial charge in [-0.2, -0.15) is 5.10 Å². The van der Waals surface area contributed by atoms with Crippen molar-refractivity contribution in [2.45, 2.75) is 44.1 Å². The minimum absolute atomic E-state index is 0.0768. The zero-order valence-corrected chi connectivity index (χ0v) is 20.0. The summed E-state index contributed by atoms with van der Waals surface area (Å²) < 4.78 is 7.22. The van der Waals surface area contributed by atoms with Gasteiger partial charge in [0, 0.05) is 36.8 Å². The lowest BCUT2D eigenvalue weighted by Crippen LogP contribution is -2.34. The number of likely N-dealkylation sites (tertiary alicyclic amines) is 1. The predicted octanol–water partition coefficient (Wildman–Crippen LogP) is 3.09. The van der Waals surface area contributed by atoms with Crippen LogP contribution in [0.2, 0.25) is 0 Å². The Morgan fingerprint density at radius 1 is 1.12 bits per heavy atom. The normalized spacial score (nSPS) is 19.3. The first kappa shape index (κ1) is 21.3. The minimum atomic E-state index is 0.0768. The molecule has 0 unspecified atom stereocenters. The lowest BCUT2D eigenvalue weighted by molar-refractivity contribution is 0.0782. The van der Waals surface area contributed by atoms with E-state index < -0.39 is 0 Å². The largest absolute Gasteiger partial charge is 0.497 e. The maximum atomic E-state index is 13.5. The van der Waals surface area contributed by atoms with Crippen LogP contribution in [0.15, 0.2) is 30.6 Å². The third-order valence-electron chi connectivity index (χ3n) is 7.45. The molecule has 1 saturated carbocycles. The second-order valence-corrected chi connectivity index (χ2v) is 9.85. The molecule has 1 saturated heterocycles. The van der Waals surface area contributed by atoms with E-state index in [1.54, 1.807) is 13.3 Å². The fourth-order valence-electron chi connectivity index (χ4n) is 5.27. The van der Waals surface area contributed by atoms with Crippen molar-refractivity contribution in [3.05, 3.63) is 53.0 Å². The van der Waals surface area contributed by atoms with Crippen LogP contribution >= 0.6 is 0 Å². The summed E-state index contributed by atoms with van der Waals surface area (Å²) >= 11 is 0. The topological polar surface area (TPSA) is 76.4 Å². The summed E-state index contributed by atoms with van der Waals surface area (Å²) in [6.45, 7) is 1.54. The van der Waals surface area contributed by atoms with Crippen molar-refractivity contribution in [2.24, 2.45) is 0 Å². The average Bonchev–Trinajstić information content (AvgIpc) is 3.40. The van der Waals surface area contributed by atoms with Gasteiger partial charge < -0.3 is 14.5 Å². The molecule has 0 bridgehead atoms. The number of benzene rings is 1. The third kappa shape index (κ3) is 3.57.